The molecule has 0 radical (unpaired) electrons. The second kappa shape index (κ2) is 7.79. The van der Waals surface area contributed by atoms with Crippen LogP contribution >= 0.6 is 0 Å². The number of nitrogens with one attached hydrogen (secondary N) is 2. The number of carbonyl (C=O) groups is 1. The van der Waals surface area contributed by atoms with Crippen LogP contribution in [0.5, 0.6) is 0 Å². The van der Waals surface area contributed by atoms with E-state index < -0.39 is 0 Å². The fraction of sp³-hybridized carbons (Fsp3) is 0.211. The van der Waals surface area contributed by atoms with Crippen LogP contribution in [0.15, 0.2) is 55.0 Å². The first kappa shape index (κ1) is 17.6. The van der Waals surface area contributed by atoms with Crippen LogP contribution in [0.1, 0.15) is 29.9 Å². The van der Waals surface area contributed by atoms with Crippen LogP contribution in [0, 0.1) is 6.92 Å². The van der Waals surface area contributed by atoms with Crippen LogP contribution in [0.4, 0.5) is 16.3 Å². The van der Waals surface area contributed by atoms with Crippen LogP contribution in [-0.2, 0) is 6.61 Å². The van der Waals surface area contributed by atoms with Gasteiger partial charge in [0, 0.05) is 24.3 Å². The molecular formula is C19H21N5O2. The largest absolute Gasteiger partial charge is 0.392 e. The number of aliphatic hydroxyl groups is 1. The maximum absolute atomic E-state index is 12.1. The Kier molecular flexibility index (Phi) is 5.28. The van der Waals surface area contributed by atoms with E-state index in [1.54, 1.807) is 18.3 Å². The number of amides is 2. The van der Waals surface area contributed by atoms with Gasteiger partial charge in [0.05, 0.1) is 12.6 Å². The number of pyridine rings is 1. The highest BCUT2D eigenvalue weighted by Gasteiger charge is 2.10. The third-order valence-electron chi connectivity index (χ3n) is 4.18. The molecule has 1 atom stereocenters. The van der Waals surface area contributed by atoms with Crippen molar-refractivity contribution in [2.45, 2.75) is 26.5 Å². The van der Waals surface area contributed by atoms with Crippen LogP contribution in [0.3, 0.4) is 0 Å². The second-order valence-corrected chi connectivity index (χ2v) is 5.97. The van der Waals surface area contributed by atoms with Gasteiger partial charge in [0.1, 0.15) is 11.6 Å². The number of hydrogen-bond donors (Lipinski definition) is 3. The van der Waals surface area contributed by atoms with E-state index >= 15 is 0 Å². The molecule has 0 unspecified atom stereocenters. The number of urea groups is 1. The Balaban J connectivity index is 1.61. The molecule has 0 fully saturated rings. The summed E-state index contributed by atoms with van der Waals surface area (Å²) in [4.78, 5) is 20.4. The van der Waals surface area contributed by atoms with E-state index in [1.165, 1.54) is 6.20 Å². The highest BCUT2D eigenvalue weighted by molar-refractivity contribution is 5.99. The second-order valence-electron chi connectivity index (χ2n) is 5.97. The smallest absolute Gasteiger partial charge is 0.324 e. The molecule has 3 rings (SSSR count). The van der Waals surface area contributed by atoms with Crippen LogP contribution < -0.4 is 10.6 Å². The van der Waals surface area contributed by atoms with Crippen LogP contribution in [-0.4, -0.2) is 25.7 Å². The maximum atomic E-state index is 12.1. The molecule has 2 heterocycles. The fourth-order valence-corrected chi connectivity index (χ4v) is 2.67. The first-order chi connectivity index (χ1) is 12.6. The van der Waals surface area contributed by atoms with Crippen LogP contribution in [0.2, 0.25) is 0 Å². The molecule has 0 bridgehead atoms. The van der Waals surface area contributed by atoms with Crippen molar-refractivity contribution < 1.29 is 9.90 Å². The molecule has 2 amide bonds. The number of nitrogens with zero attached hydrogens (tertiary/aromatic N) is 3. The molecule has 3 aromatic rings. The molecule has 2 aromatic heterocycles. The van der Waals surface area contributed by atoms with Crippen molar-refractivity contribution >= 4 is 17.5 Å². The minimum Gasteiger partial charge on any atom is -0.392 e. The SMILES string of the molecule is Cc1nccn1[C@@H](C)c1ccc(NC(=O)Nc2ccc(CO)cn2)cc1. The summed E-state index contributed by atoms with van der Waals surface area (Å²) in [7, 11) is 0. The molecule has 0 saturated carbocycles. The lowest BCUT2D eigenvalue weighted by molar-refractivity contribution is 0.262. The van der Waals surface area contributed by atoms with Gasteiger partial charge in [0.15, 0.2) is 0 Å². The molecule has 134 valence electrons. The molecule has 0 aliphatic carbocycles. The standard InChI is InChI=1S/C19H21N5O2/c1-13(24-10-9-20-14(24)2)16-4-6-17(7-5-16)22-19(26)23-18-8-3-15(12-25)11-21-18/h3-11,13,25H,12H2,1-2H3,(H2,21,22,23,26)/t13-/m0/s1. The monoisotopic (exact) mass is 351 g/mol. The van der Waals surface area contributed by atoms with E-state index in [0.717, 1.165) is 11.4 Å². The van der Waals surface area contributed by atoms with E-state index in [-0.39, 0.29) is 18.7 Å². The van der Waals surface area contributed by atoms with E-state index in [1.807, 2.05) is 37.4 Å². The Morgan fingerprint density at radius 3 is 2.50 bits per heavy atom. The van der Waals surface area contributed by atoms with Gasteiger partial charge in [0.25, 0.3) is 0 Å². The topological polar surface area (TPSA) is 92.1 Å². The van der Waals surface area contributed by atoms with E-state index in [0.29, 0.717) is 17.1 Å². The summed E-state index contributed by atoms with van der Waals surface area (Å²) in [6.45, 7) is 3.99. The molecule has 0 spiro atoms. The molecule has 26 heavy (non-hydrogen) atoms. The molecule has 3 N–H and O–H groups in total. The molecule has 7 heteroatoms. The molecule has 0 aliphatic heterocycles. The average molecular weight is 351 g/mol. The minimum absolute atomic E-state index is 0.0805. The Morgan fingerprint density at radius 2 is 1.92 bits per heavy atom. The van der Waals surface area contributed by atoms with Gasteiger partial charge in [-0.2, -0.15) is 0 Å². The quantitative estimate of drug-likeness (QED) is 0.657. The average Bonchev–Trinajstić information content (AvgIpc) is 3.08. The Bertz CT molecular complexity index is 872. The minimum atomic E-state index is -0.375. The number of aryl methyl sites for hydroxylation is 1. The number of aromatic nitrogens is 3. The number of imidazole rings is 1. The number of anilines is 2. The highest BCUT2D eigenvalue weighted by atomic mass is 16.3. The first-order valence-electron chi connectivity index (χ1n) is 8.30. The first-order valence-corrected chi connectivity index (χ1v) is 8.30. The van der Waals surface area contributed by atoms with Gasteiger partial charge >= 0.3 is 6.03 Å². The zero-order valence-electron chi connectivity index (χ0n) is 14.7. The van der Waals surface area contributed by atoms with Crippen molar-refractivity contribution in [3.8, 4) is 0 Å². The number of rotatable bonds is 5. The van der Waals surface area contributed by atoms with Crippen LogP contribution in [0.25, 0.3) is 0 Å². The molecule has 0 aliphatic rings. The summed E-state index contributed by atoms with van der Waals surface area (Å²) in [6, 6.07) is 10.8. The summed E-state index contributed by atoms with van der Waals surface area (Å²) in [5, 5.41) is 14.4. The van der Waals surface area contributed by atoms with Crippen molar-refractivity contribution in [1.29, 1.82) is 0 Å². The normalized spacial score (nSPS) is 11.8. The van der Waals surface area contributed by atoms with E-state index in [4.69, 9.17) is 5.11 Å². The van der Waals surface area contributed by atoms with Gasteiger partial charge in [-0.15, -0.1) is 0 Å². The molecular weight excluding hydrogens is 330 g/mol. The number of carbonyl (C=O) groups excluding carboxylic acids is 1. The Morgan fingerprint density at radius 1 is 1.15 bits per heavy atom. The van der Waals surface area contributed by atoms with Crippen molar-refractivity contribution in [1.82, 2.24) is 14.5 Å². The van der Waals surface area contributed by atoms with Gasteiger partial charge in [-0.05, 0) is 43.2 Å². The lowest BCUT2D eigenvalue weighted by atomic mass is 10.1. The zero-order valence-corrected chi connectivity index (χ0v) is 14.7. The van der Waals surface area contributed by atoms with Crippen molar-refractivity contribution in [3.63, 3.8) is 0 Å². The van der Waals surface area contributed by atoms with Gasteiger partial charge in [-0.25, -0.2) is 14.8 Å². The fourth-order valence-electron chi connectivity index (χ4n) is 2.67. The molecule has 0 saturated heterocycles. The number of benzene rings is 1. The highest BCUT2D eigenvalue weighted by Crippen LogP contribution is 2.21. The van der Waals surface area contributed by atoms with E-state index in [2.05, 4.69) is 32.1 Å². The zero-order chi connectivity index (χ0) is 18.5. The summed E-state index contributed by atoms with van der Waals surface area (Å²) in [5.74, 6) is 1.37. The van der Waals surface area contributed by atoms with Gasteiger partial charge in [-0.3, -0.25) is 5.32 Å². The van der Waals surface area contributed by atoms with Crippen molar-refractivity contribution in [3.05, 3.63) is 71.9 Å². The van der Waals surface area contributed by atoms with Gasteiger partial charge in [0.2, 0.25) is 0 Å². The Labute approximate surface area is 151 Å². The molecule has 1 aromatic carbocycles. The third-order valence-corrected chi connectivity index (χ3v) is 4.18. The summed E-state index contributed by atoms with van der Waals surface area (Å²) < 4.78 is 2.09. The predicted molar refractivity (Wildman–Crippen MR) is 100 cm³/mol. The molecule has 7 nitrogen and oxygen atoms in total. The van der Waals surface area contributed by atoms with E-state index in [9.17, 15) is 4.79 Å². The van der Waals surface area contributed by atoms with Crippen molar-refractivity contribution in [2.75, 3.05) is 10.6 Å². The lowest BCUT2D eigenvalue weighted by Crippen LogP contribution is -2.20. The van der Waals surface area contributed by atoms with Gasteiger partial charge in [-0.1, -0.05) is 18.2 Å². The lowest BCUT2D eigenvalue weighted by Gasteiger charge is -2.16. The number of aliphatic hydroxyl groups excluding tert-OH is 1. The predicted octanol–water partition coefficient (Wildman–Crippen LogP) is 3.33. The summed E-state index contributed by atoms with van der Waals surface area (Å²) in [5.41, 5.74) is 2.50. The maximum Gasteiger partial charge on any atom is 0.324 e. The summed E-state index contributed by atoms with van der Waals surface area (Å²) in [6.07, 6.45) is 5.26. The number of hydrogen-bond acceptors (Lipinski definition) is 4. The Hall–Kier alpha value is -3.19. The summed E-state index contributed by atoms with van der Waals surface area (Å²) >= 11 is 0. The third kappa shape index (κ3) is 4.07. The van der Waals surface area contributed by atoms with Crippen molar-refractivity contribution in [2.24, 2.45) is 0 Å². The van der Waals surface area contributed by atoms with Gasteiger partial charge < -0.3 is 15.0 Å².